The largest absolute Gasteiger partial charge is 0.366 e. The molecular formula is C16H21N3O2. The van der Waals surface area contributed by atoms with Crippen molar-refractivity contribution >= 4 is 11.8 Å². The highest BCUT2D eigenvalue weighted by atomic mass is 16.2. The van der Waals surface area contributed by atoms with Crippen LogP contribution in [0.4, 0.5) is 0 Å². The molecule has 112 valence electrons. The van der Waals surface area contributed by atoms with Crippen molar-refractivity contribution in [2.24, 2.45) is 11.7 Å². The Labute approximate surface area is 124 Å². The molecule has 1 aromatic carbocycles. The zero-order valence-electron chi connectivity index (χ0n) is 12.2. The number of carbonyl (C=O) groups is 2. The van der Waals surface area contributed by atoms with Crippen LogP contribution in [0.2, 0.25) is 0 Å². The Kier molecular flexibility index (Phi) is 3.68. The van der Waals surface area contributed by atoms with Gasteiger partial charge in [-0.15, -0.1) is 0 Å². The highest BCUT2D eigenvalue weighted by molar-refractivity contribution is 5.92. The Hall–Kier alpha value is -1.88. The van der Waals surface area contributed by atoms with Gasteiger partial charge in [-0.05, 0) is 37.0 Å². The summed E-state index contributed by atoms with van der Waals surface area (Å²) in [6.07, 6.45) is 0.908. The molecule has 5 heteroatoms. The van der Waals surface area contributed by atoms with Crippen LogP contribution in [-0.4, -0.2) is 42.4 Å². The minimum absolute atomic E-state index is 0.102. The van der Waals surface area contributed by atoms with Crippen molar-refractivity contribution in [3.05, 3.63) is 35.4 Å². The van der Waals surface area contributed by atoms with Gasteiger partial charge in [0, 0.05) is 37.2 Å². The highest BCUT2D eigenvalue weighted by Gasteiger charge is 2.46. The lowest BCUT2D eigenvalue weighted by Gasteiger charge is -2.34. The third-order valence-corrected chi connectivity index (χ3v) is 4.52. The zero-order valence-corrected chi connectivity index (χ0v) is 12.2. The van der Waals surface area contributed by atoms with Crippen molar-refractivity contribution in [1.29, 1.82) is 0 Å². The average molecular weight is 287 g/mol. The number of nitrogens with zero attached hydrogens (tertiary/aromatic N) is 1. The van der Waals surface area contributed by atoms with Crippen molar-refractivity contribution in [1.82, 2.24) is 10.2 Å². The minimum Gasteiger partial charge on any atom is -0.366 e. The van der Waals surface area contributed by atoms with Gasteiger partial charge in [-0.25, -0.2) is 0 Å². The summed E-state index contributed by atoms with van der Waals surface area (Å²) in [5.41, 5.74) is 6.88. The number of carbonyl (C=O) groups excluding carboxylic acids is 2. The first-order valence-electron chi connectivity index (χ1n) is 7.49. The van der Waals surface area contributed by atoms with Crippen LogP contribution in [0.5, 0.6) is 0 Å². The topological polar surface area (TPSA) is 75.4 Å². The van der Waals surface area contributed by atoms with Crippen LogP contribution in [0.1, 0.15) is 35.2 Å². The van der Waals surface area contributed by atoms with E-state index in [4.69, 9.17) is 5.73 Å². The van der Waals surface area contributed by atoms with E-state index >= 15 is 0 Å². The molecule has 3 N–H and O–H groups in total. The van der Waals surface area contributed by atoms with Gasteiger partial charge >= 0.3 is 0 Å². The molecule has 3 atom stereocenters. The van der Waals surface area contributed by atoms with E-state index < -0.39 is 5.91 Å². The second-order valence-corrected chi connectivity index (χ2v) is 6.02. The number of nitrogens with two attached hydrogens (primary N) is 1. The number of nitrogens with one attached hydrogen (secondary N) is 1. The van der Waals surface area contributed by atoms with Crippen LogP contribution < -0.4 is 11.1 Å². The first kappa shape index (κ1) is 14.1. The van der Waals surface area contributed by atoms with E-state index in [1.165, 1.54) is 0 Å². The van der Waals surface area contributed by atoms with Gasteiger partial charge < -0.3 is 16.0 Å². The fourth-order valence-electron chi connectivity index (χ4n) is 3.11. The van der Waals surface area contributed by atoms with E-state index in [9.17, 15) is 9.59 Å². The van der Waals surface area contributed by atoms with Gasteiger partial charge in [0.25, 0.3) is 0 Å². The fraction of sp³-hybridized carbons (Fsp3) is 0.500. The summed E-state index contributed by atoms with van der Waals surface area (Å²) >= 11 is 0. The number of rotatable bonds is 3. The summed E-state index contributed by atoms with van der Waals surface area (Å²) in [6, 6.07) is 7.58. The van der Waals surface area contributed by atoms with E-state index in [-0.39, 0.29) is 17.9 Å². The van der Waals surface area contributed by atoms with Crippen LogP contribution in [0, 0.1) is 5.92 Å². The van der Waals surface area contributed by atoms with Gasteiger partial charge in [0.05, 0.1) is 0 Å². The predicted octanol–water partition coefficient (Wildman–Crippen LogP) is 0.709. The molecule has 5 nitrogen and oxygen atoms in total. The number of benzene rings is 1. The van der Waals surface area contributed by atoms with Crippen LogP contribution in [-0.2, 0) is 4.79 Å². The molecule has 21 heavy (non-hydrogen) atoms. The molecular weight excluding hydrogens is 266 g/mol. The molecule has 0 aromatic heterocycles. The lowest BCUT2D eigenvalue weighted by Crippen LogP contribution is -2.52. The Balaban J connectivity index is 1.65. The van der Waals surface area contributed by atoms with E-state index in [2.05, 4.69) is 12.2 Å². The second kappa shape index (κ2) is 5.48. The molecule has 0 unspecified atom stereocenters. The predicted molar refractivity (Wildman–Crippen MR) is 79.9 cm³/mol. The summed E-state index contributed by atoms with van der Waals surface area (Å²) in [6.45, 7) is 4.63. The first-order valence-corrected chi connectivity index (χ1v) is 7.49. The van der Waals surface area contributed by atoms with Crippen molar-refractivity contribution in [2.45, 2.75) is 25.3 Å². The average Bonchev–Trinajstić information content (AvgIpc) is 3.27. The summed E-state index contributed by atoms with van der Waals surface area (Å²) in [7, 11) is 0. The van der Waals surface area contributed by atoms with Crippen LogP contribution >= 0.6 is 0 Å². The van der Waals surface area contributed by atoms with Gasteiger partial charge in [0.1, 0.15) is 0 Å². The molecule has 1 aliphatic heterocycles. The van der Waals surface area contributed by atoms with E-state index in [0.717, 1.165) is 31.6 Å². The molecule has 0 spiro atoms. The lowest BCUT2D eigenvalue weighted by atomic mass is 10.1. The molecule has 1 saturated heterocycles. The van der Waals surface area contributed by atoms with Crippen molar-refractivity contribution in [3.8, 4) is 0 Å². The van der Waals surface area contributed by atoms with Crippen LogP contribution in [0.3, 0.4) is 0 Å². The number of hydrogen-bond acceptors (Lipinski definition) is 3. The normalized spacial score (nSPS) is 28.2. The van der Waals surface area contributed by atoms with Crippen molar-refractivity contribution < 1.29 is 9.59 Å². The second-order valence-electron chi connectivity index (χ2n) is 6.02. The molecule has 1 heterocycles. The molecule has 1 saturated carbocycles. The van der Waals surface area contributed by atoms with E-state index in [1.807, 2.05) is 17.0 Å². The molecule has 2 fully saturated rings. The first-order chi connectivity index (χ1) is 10.1. The third kappa shape index (κ3) is 2.78. The molecule has 2 amide bonds. The number of primary amides is 1. The van der Waals surface area contributed by atoms with Gasteiger partial charge in [-0.3, -0.25) is 9.59 Å². The summed E-state index contributed by atoms with van der Waals surface area (Å²) in [4.78, 5) is 25.6. The molecule has 1 aliphatic carbocycles. The van der Waals surface area contributed by atoms with Crippen molar-refractivity contribution in [3.63, 3.8) is 0 Å². The lowest BCUT2D eigenvalue weighted by molar-refractivity contribution is -0.135. The monoisotopic (exact) mass is 287 g/mol. The maximum Gasteiger partial charge on any atom is 0.248 e. The maximum atomic E-state index is 12.6. The van der Waals surface area contributed by atoms with Gasteiger partial charge in [0.2, 0.25) is 11.8 Å². The summed E-state index contributed by atoms with van der Waals surface area (Å²) in [5, 5.41) is 3.30. The summed E-state index contributed by atoms with van der Waals surface area (Å²) < 4.78 is 0. The van der Waals surface area contributed by atoms with Gasteiger partial charge in [-0.2, -0.15) is 0 Å². The number of piperazine rings is 1. The molecule has 2 aliphatic rings. The SMILES string of the molecule is C[C@H]1CNCCN1C(=O)[C@H]1C[C@@H]1c1ccc(C(N)=O)cc1. The maximum absolute atomic E-state index is 12.6. The summed E-state index contributed by atoms with van der Waals surface area (Å²) in [5.74, 6) is 0.249. The molecule has 0 bridgehead atoms. The number of hydrogen-bond donors (Lipinski definition) is 2. The van der Waals surface area contributed by atoms with Gasteiger partial charge in [0.15, 0.2) is 0 Å². The molecule has 0 radical (unpaired) electrons. The fourth-order valence-corrected chi connectivity index (χ4v) is 3.11. The Bertz CT molecular complexity index is 555. The Morgan fingerprint density at radius 3 is 2.62 bits per heavy atom. The quantitative estimate of drug-likeness (QED) is 0.859. The van der Waals surface area contributed by atoms with E-state index in [0.29, 0.717) is 11.5 Å². The van der Waals surface area contributed by atoms with Crippen LogP contribution in [0.25, 0.3) is 0 Å². The molecule has 1 aromatic rings. The Morgan fingerprint density at radius 2 is 2.00 bits per heavy atom. The standard InChI is InChI=1S/C16H21N3O2/c1-10-9-18-6-7-19(10)16(21)14-8-13(14)11-2-4-12(5-3-11)15(17)20/h2-5,10,13-14,18H,6-9H2,1H3,(H2,17,20)/t10-,13+,14-/m0/s1. The highest BCUT2D eigenvalue weighted by Crippen LogP contribution is 2.48. The third-order valence-electron chi connectivity index (χ3n) is 4.52. The minimum atomic E-state index is -0.417. The van der Waals surface area contributed by atoms with Crippen molar-refractivity contribution in [2.75, 3.05) is 19.6 Å². The van der Waals surface area contributed by atoms with Crippen LogP contribution in [0.15, 0.2) is 24.3 Å². The smallest absolute Gasteiger partial charge is 0.248 e. The zero-order chi connectivity index (χ0) is 15.0. The number of amides is 2. The molecule has 3 rings (SSSR count). The Morgan fingerprint density at radius 1 is 1.29 bits per heavy atom. The van der Waals surface area contributed by atoms with E-state index in [1.54, 1.807) is 12.1 Å². The van der Waals surface area contributed by atoms with Gasteiger partial charge in [-0.1, -0.05) is 12.1 Å².